The summed E-state index contributed by atoms with van der Waals surface area (Å²) in [6.45, 7) is 2.41. The zero-order chi connectivity index (χ0) is 10.3. The molecule has 0 aromatic heterocycles. The largest absolute Gasteiger partial charge is 0.0740 e. The predicted molar refractivity (Wildman–Crippen MR) is 68.1 cm³/mol. The molecule has 1 aliphatic carbocycles. The molecule has 2 aromatic carbocycles. The normalized spacial score (nSPS) is 14.5. The van der Waals surface area contributed by atoms with Crippen LogP contribution < -0.4 is 0 Å². The van der Waals surface area contributed by atoms with Crippen molar-refractivity contribution in [1.29, 1.82) is 0 Å². The molecule has 15 heavy (non-hydrogen) atoms. The summed E-state index contributed by atoms with van der Waals surface area (Å²) in [5.41, 5.74) is 6.80. The summed E-state index contributed by atoms with van der Waals surface area (Å²) in [5.74, 6) is 0. The third-order valence-corrected chi connectivity index (χ3v) is 5.07. The van der Waals surface area contributed by atoms with Crippen LogP contribution in [0.2, 0.25) is 6.55 Å². The molecule has 1 aliphatic rings. The van der Waals surface area contributed by atoms with E-state index in [1.165, 1.54) is 11.1 Å². The van der Waals surface area contributed by atoms with E-state index in [1.807, 2.05) is 0 Å². The zero-order valence-electron chi connectivity index (χ0n) is 8.90. The Morgan fingerprint density at radius 3 is 1.73 bits per heavy atom. The molecule has 0 heterocycles. The van der Waals surface area contributed by atoms with E-state index >= 15 is 0 Å². The first-order valence-electron chi connectivity index (χ1n) is 5.60. The van der Waals surface area contributed by atoms with Crippen molar-refractivity contribution in [2.45, 2.75) is 12.1 Å². The SMILES string of the molecule is C[SiH2]C1c2ccccc2-c2ccccc21. The second-order valence-corrected chi connectivity index (χ2v) is 5.77. The van der Waals surface area contributed by atoms with Gasteiger partial charge in [0, 0.05) is 9.52 Å². The molecule has 0 atom stereocenters. The molecule has 0 bridgehead atoms. The van der Waals surface area contributed by atoms with E-state index in [1.54, 1.807) is 11.1 Å². The van der Waals surface area contributed by atoms with Crippen LogP contribution in [-0.2, 0) is 0 Å². The van der Waals surface area contributed by atoms with Gasteiger partial charge < -0.3 is 0 Å². The first-order valence-corrected chi connectivity index (χ1v) is 7.83. The lowest BCUT2D eigenvalue weighted by atomic mass is 10.1. The highest BCUT2D eigenvalue weighted by Gasteiger charge is 2.25. The molecule has 0 radical (unpaired) electrons. The van der Waals surface area contributed by atoms with E-state index in [-0.39, 0.29) is 9.52 Å². The lowest BCUT2D eigenvalue weighted by Gasteiger charge is -2.09. The fourth-order valence-corrected chi connectivity index (χ4v) is 4.29. The van der Waals surface area contributed by atoms with E-state index in [2.05, 4.69) is 55.1 Å². The van der Waals surface area contributed by atoms with Gasteiger partial charge in [0.25, 0.3) is 0 Å². The topological polar surface area (TPSA) is 0 Å². The fourth-order valence-electron chi connectivity index (χ4n) is 2.70. The zero-order valence-corrected chi connectivity index (χ0v) is 10.3. The van der Waals surface area contributed by atoms with Crippen molar-refractivity contribution >= 4 is 9.52 Å². The molecule has 0 saturated heterocycles. The molecule has 0 unspecified atom stereocenters. The molecule has 0 saturated carbocycles. The number of hydrogen-bond acceptors (Lipinski definition) is 0. The quantitative estimate of drug-likeness (QED) is 0.635. The maximum atomic E-state index is 2.41. The minimum Gasteiger partial charge on any atom is -0.0740 e. The Hall–Kier alpha value is -1.34. The summed E-state index contributed by atoms with van der Waals surface area (Å²) in [5, 5.41) is 0. The van der Waals surface area contributed by atoms with E-state index in [0.717, 1.165) is 5.54 Å². The summed E-state index contributed by atoms with van der Waals surface area (Å²) in [7, 11) is -0.0269. The first-order chi connectivity index (χ1) is 7.42. The Balaban J connectivity index is 2.31. The number of hydrogen-bond donors (Lipinski definition) is 0. The van der Waals surface area contributed by atoms with Gasteiger partial charge in [-0.15, -0.1) is 0 Å². The molecule has 2 aromatic rings. The van der Waals surface area contributed by atoms with Crippen LogP contribution in [0.3, 0.4) is 0 Å². The highest BCUT2D eigenvalue weighted by atomic mass is 28.2. The van der Waals surface area contributed by atoms with Crippen LogP contribution >= 0.6 is 0 Å². The molecule has 0 aliphatic heterocycles. The Kier molecular flexibility index (Phi) is 1.99. The Morgan fingerprint density at radius 2 is 1.27 bits per heavy atom. The molecular formula is C14H14Si. The molecule has 1 heteroatoms. The number of benzene rings is 2. The molecule has 3 rings (SSSR count). The van der Waals surface area contributed by atoms with Gasteiger partial charge in [-0.2, -0.15) is 0 Å². The average molecular weight is 210 g/mol. The average Bonchev–Trinajstić information content (AvgIpc) is 2.63. The standard InChI is InChI=1S/C14H14Si/c1-15-14-12-8-4-2-6-10(12)11-7-3-5-9-13(11)14/h2-9,14H,15H2,1H3. The van der Waals surface area contributed by atoms with Gasteiger partial charge in [-0.25, -0.2) is 0 Å². The van der Waals surface area contributed by atoms with Gasteiger partial charge in [-0.1, -0.05) is 55.1 Å². The highest BCUT2D eigenvalue weighted by Crippen LogP contribution is 2.43. The lowest BCUT2D eigenvalue weighted by Crippen LogP contribution is -2.02. The summed E-state index contributed by atoms with van der Waals surface area (Å²) in [6, 6.07) is 17.8. The molecule has 0 nitrogen and oxygen atoms in total. The van der Waals surface area contributed by atoms with Crippen LogP contribution in [0.25, 0.3) is 11.1 Å². The van der Waals surface area contributed by atoms with E-state index in [4.69, 9.17) is 0 Å². The highest BCUT2D eigenvalue weighted by molar-refractivity contribution is 6.38. The van der Waals surface area contributed by atoms with Crippen LogP contribution in [0.1, 0.15) is 16.7 Å². The van der Waals surface area contributed by atoms with E-state index < -0.39 is 0 Å². The summed E-state index contributed by atoms with van der Waals surface area (Å²) >= 11 is 0. The third kappa shape index (κ3) is 1.20. The number of fused-ring (bicyclic) bond motifs is 3. The minimum atomic E-state index is -0.0269. The van der Waals surface area contributed by atoms with Crippen LogP contribution in [0.5, 0.6) is 0 Å². The lowest BCUT2D eigenvalue weighted by molar-refractivity contribution is 1.18. The monoisotopic (exact) mass is 210 g/mol. The Bertz CT molecular complexity index is 457. The van der Waals surface area contributed by atoms with Crippen molar-refractivity contribution in [2.24, 2.45) is 0 Å². The van der Waals surface area contributed by atoms with Crippen molar-refractivity contribution in [3.8, 4) is 11.1 Å². The van der Waals surface area contributed by atoms with Crippen molar-refractivity contribution < 1.29 is 0 Å². The van der Waals surface area contributed by atoms with E-state index in [0.29, 0.717) is 0 Å². The molecule has 0 amide bonds. The van der Waals surface area contributed by atoms with Gasteiger partial charge in [0.05, 0.1) is 0 Å². The number of rotatable bonds is 1. The van der Waals surface area contributed by atoms with Gasteiger partial charge in [-0.05, 0) is 27.8 Å². The minimum absolute atomic E-state index is 0.0269. The molecular weight excluding hydrogens is 196 g/mol. The maximum Gasteiger partial charge on any atom is 0.0312 e. The Morgan fingerprint density at radius 1 is 0.800 bits per heavy atom. The van der Waals surface area contributed by atoms with Crippen LogP contribution in [0, 0.1) is 0 Å². The third-order valence-electron chi connectivity index (χ3n) is 3.37. The molecule has 0 spiro atoms. The van der Waals surface area contributed by atoms with Crippen LogP contribution in [-0.4, -0.2) is 9.52 Å². The van der Waals surface area contributed by atoms with Gasteiger partial charge in [-0.3, -0.25) is 0 Å². The van der Waals surface area contributed by atoms with E-state index in [9.17, 15) is 0 Å². The maximum absolute atomic E-state index is 2.41. The van der Waals surface area contributed by atoms with Crippen molar-refractivity contribution in [3.63, 3.8) is 0 Å². The fraction of sp³-hybridized carbons (Fsp3) is 0.143. The predicted octanol–water partition coefficient (Wildman–Crippen LogP) is 2.97. The van der Waals surface area contributed by atoms with Crippen molar-refractivity contribution in [3.05, 3.63) is 59.7 Å². The Labute approximate surface area is 92.8 Å². The first kappa shape index (κ1) is 8.92. The summed E-state index contributed by atoms with van der Waals surface area (Å²) in [6.07, 6.45) is 0. The smallest absolute Gasteiger partial charge is 0.0312 e. The van der Waals surface area contributed by atoms with Gasteiger partial charge in [0.15, 0.2) is 0 Å². The molecule has 0 N–H and O–H groups in total. The van der Waals surface area contributed by atoms with Crippen molar-refractivity contribution in [1.82, 2.24) is 0 Å². The second kappa shape index (κ2) is 3.35. The van der Waals surface area contributed by atoms with Gasteiger partial charge in [0.2, 0.25) is 0 Å². The van der Waals surface area contributed by atoms with Gasteiger partial charge >= 0.3 is 0 Å². The van der Waals surface area contributed by atoms with Crippen LogP contribution in [0.4, 0.5) is 0 Å². The summed E-state index contributed by atoms with van der Waals surface area (Å²) in [4.78, 5) is 0. The van der Waals surface area contributed by atoms with Crippen LogP contribution in [0.15, 0.2) is 48.5 Å². The molecule has 74 valence electrons. The summed E-state index contributed by atoms with van der Waals surface area (Å²) < 4.78 is 0. The van der Waals surface area contributed by atoms with Gasteiger partial charge in [0.1, 0.15) is 0 Å². The van der Waals surface area contributed by atoms with Crippen molar-refractivity contribution in [2.75, 3.05) is 0 Å². The molecule has 0 fully saturated rings. The second-order valence-electron chi connectivity index (χ2n) is 4.14.